The first-order chi connectivity index (χ1) is 6.87. The number of hydrogen-bond acceptors (Lipinski definition) is 4. The zero-order valence-corrected chi connectivity index (χ0v) is 10.9. The largest absolute Gasteiger partial charge is 0.466 e. The van der Waals surface area contributed by atoms with E-state index in [1.165, 1.54) is 0 Å². The van der Waals surface area contributed by atoms with Crippen molar-refractivity contribution in [2.24, 2.45) is 0 Å². The molecular formula is C8H14BrNO4S. The number of ether oxygens (including phenoxy) is 1. The van der Waals surface area contributed by atoms with Gasteiger partial charge in [-0.25, -0.2) is 13.1 Å². The van der Waals surface area contributed by atoms with E-state index in [9.17, 15) is 13.2 Å². The molecule has 1 N–H and O–H groups in total. The molecule has 0 bridgehead atoms. The summed E-state index contributed by atoms with van der Waals surface area (Å²) < 4.78 is 29.9. The van der Waals surface area contributed by atoms with Gasteiger partial charge in [0.25, 0.3) is 0 Å². The molecule has 0 aliphatic rings. The van der Waals surface area contributed by atoms with Gasteiger partial charge >= 0.3 is 5.97 Å². The van der Waals surface area contributed by atoms with E-state index in [0.29, 0.717) is 4.48 Å². The highest BCUT2D eigenvalue weighted by molar-refractivity contribution is 9.11. The highest BCUT2D eigenvalue weighted by Crippen LogP contribution is 1.99. The maximum atomic E-state index is 11.3. The molecule has 0 saturated carbocycles. The summed E-state index contributed by atoms with van der Waals surface area (Å²) in [6, 6.07) is 0. The second-order valence-corrected chi connectivity index (χ2v) is 5.76. The summed E-state index contributed by atoms with van der Waals surface area (Å²) in [5.74, 6) is -0.785. The second kappa shape index (κ2) is 6.97. The lowest BCUT2D eigenvalue weighted by molar-refractivity contribution is -0.142. The van der Waals surface area contributed by atoms with Gasteiger partial charge in [-0.3, -0.25) is 4.79 Å². The number of nitrogens with one attached hydrogen (secondary N) is 1. The topological polar surface area (TPSA) is 72.5 Å². The Balaban J connectivity index is 3.94. The van der Waals surface area contributed by atoms with Crippen molar-refractivity contribution in [3.05, 3.63) is 11.1 Å². The van der Waals surface area contributed by atoms with Crippen LogP contribution < -0.4 is 4.72 Å². The normalized spacial score (nSPS) is 11.1. The van der Waals surface area contributed by atoms with Gasteiger partial charge in [0.15, 0.2) is 0 Å². The minimum Gasteiger partial charge on any atom is -0.466 e. The molecule has 0 aromatic rings. The smallest absolute Gasteiger partial charge is 0.306 e. The number of esters is 1. The monoisotopic (exact) mass is 299 g/mol. The molecule has 5 nitrogen and oxygen atoms in total. The van der Waals surface area contributed by atoms with E-state index in [1.807, 2.05) is 0 Å². The molecule has 0 aliphatic carbocycles. The number of rotatable bonds is 7. The predicted octanol–water partition coefficient (Wildman–Crippen LogP) is 0.768. The minimum atomic E-state index is -3.43. The summed E-state index contributed by atoms with van der Waals surface area (Å²) in [4.78, 5) is 10.9. The van der Waals surface area contributed by atoms with Gasteiger partial charge in [-0.2, -0.15) is 0 Å². The quantitative estimate of drug-likeness (QED) is 0.705. The average molecular weight is 300 g/mol. The maximum Gasteiger partial charge on any atom is 0.306 e. The standard InChI is InChI=1S/C8H14BrNO4S/c1-3-14-8(11)4-5-15(12,13)10-6-7(2)9/h10H,2-6H2,1H3. The van der Waals surface area contributed by atoms with Crippen LogP contribution >= 0.6 is 15.9 Å². The fourth-order valence-electron chi connectivity index (χ4n) is 0.711. The summed E-state index contributed by atoms with van der Waals surface area (Å²) >= 11 is 3.02. The first-order valence-corrected chi connectivity index (χ1v) is 6.78. The van der Waals surface area contributed by atoms with Crippen LogP contribution in [0.4, 0.5) is 0 Å². The molecule has 88 valence electrons. The zero-order chi connectivity index (χ0) is 11.9. The Hall–Kier alpha value is -0.400. The summed E-state index contributed by atoms with van der Waals surface area (Å²) in [6.07, 6.45) is -0.141. The molecule has 0 radical (unpaired) electrons. The summed E-state index contributed by atoms with van der Waals surface area (Å²) in [5, 5.41) is 0. The highest BCUT2D eigenvalue weighted by atomic mass is 79.9. The molecule has 0 aromatic heterocycles. The molecule has 0 spiro atoms. The van der Waals surface area contributed by atoms with Crippen molar-refractivity contribution in [3.63, 3.8) is 0 Å². The van der Waals surface area contributed by atoms with Crippen molar-refractivity contribution in [2.45, 2.75) is 13.3 Å². The first-order valence-electron chi connectivity index (χ1n) is 4.33. The number of halogens is 1. The van der Waals surface area contributed by atoms with Crippen LogP contribution in [-0.4, -0.2) is 33.3 Å². The van der Waals surface area contributed by atoms with Crippen molar-refractivity contribution in [3.8, 4) is 0 Å². The van der Waals surface area contributed by atoms with Gasteiger partial charge in [-0.05, 0) is 6.92 Å². The number of sulfonamides is 1. The fraction of sp³-hybridized carbons (Fsp3) is 0.625. The van der Waals surface area contributed by atoms with Gasteiger partial charge < -0.3 is 4.74 Å². The third-order valence-electron chi connectivity index (χ3n) is 1.36. The van der Waals surface area contributed by atoms with E-state index in [-0.39, 0.29) is 25.3 Å². The SMILES string of the molecule is C=C(Br)CNS(=O)(=O)CCC(=O)OCC. The fourth-order valence-corrected chi connectivity index (χ4v) is 2.01. The van der Waals surface area contributed by atoms with Gasteiger partial charge in [0.05, 0.1) is 18.8 Å². The lowest BCUT2D eigenvalue weighted by atomic mass is 10.5. The van der Waals surface area contributed by atoms with Gasteiger partial charge in [0, 0.05) is 11.0 Å². The Morgan fingerprint density at radius 3 is 2.60 bits per heavy atom. The number of carbonyl (C=O) groups is 1. The summed E-state index contributed by atoms with van der Waals surface area (Å²) in [7, 11) is -3.43. The van der Waals surface area contributed by atoms with Crippen LogP contribution in [-0.2, 0) is 19.6 Å². The van der Waals surface area contributed by atoms with Crippen LogP contribution in [0.5, 0.6) is 0 Å². The van der Waals surface area contributed by atoms with Gasteiger partial charge in [0.2, 0.25) is 10.0 Å². The van der Waals surface area contributed by atoms with Crippen LogP contribution in [0.15, 0.2) is 11.1 Å². The van der Waals surface area contributed by atoms with E-state index in [2.05, 4.69) is 32.0 Å². The lowest BCUT2D eigenvalue weighted by Crippen LogP contribution is -2.28. The number of hydrogen-bond donors (Lipinski definition) is 1. The van der Waals surface area contributed by atoms with E-state index in [1.54, 1.807) is 6.92 Å². The van der Waals surface area contributed by atoms with Crippen LogP contribution in [0.1, 0.15) is 13.3 Å². The van der Waals surface area contributed by atoms with Gasteiger partial charge in [-0.1, -0.05) is 22.5 Å². The molecule has 0 atom stereocenters. The zero-order valence-electron chi connectivity index (χ0n) is 8.45. The van der Waals surface area contributed by atoms with Crippen molar-refractivity contribution < 1.29 is 17.9 Å². The molecule has 7 heteroatoms. The van der Waals surface area contributed by atoms with Crippen molar-refractivity contribution in [1.29, 1.82) is 0 Å². The summed E-state index contributed by atoms with van der Waals surface area (Å²) in [5.41, 5.74) is 0. The molecule has 15 heavy (non-hydrogen) atoms. The minimum absolute atomic E-state index is 0.116. The highest BCUT2D eigenvalue weighted by Gasteiger charge is 2.13. The Morgan fingerprint density at radius 2 is 2.13 bits per heavy atom. The molecular weight excluding hydrogens is 286 g/mol. The molecule has 0 heterocycles. The first kappa shape index (κ1) is 14.6. The third kappa shape index (κ3) is 8.59. The maximum absolute atomic E-state index is 11.3. The van der Waals surface area contributed by atoms with Gasteiger partial charge in [0.1, 0.15) is 0 Å². The third-order valence-corrected chi connectivity index (χ3v) is 2.97. The van der Waals surface area contributed by atoms with E-state index >= 15 is 0 Å². The Kier molecular flexibility index (Phi) is 6.78. The van der Waals surface area contributed by atoms with Gasteiger partial charge in [-0.15, -0.1) is 0 Å². The Bertz CT molecular complexity index is 326. The molecule has 0 amide bonds. The van der Waals surface area contributed by atoms with Crippen molar-refractivity contribution in [2.75, 3.05) is 18.9 Å². The van der Waals surface area contributed by atoms with Crippen LogP contribution in [0.3, 0.4) is 0 Å². The Morgan fingerprint density at radius 1 is 1.53 bits per heavy atom. The Labute approximate surface area is 98.1 Å². The van der Waals surface area contributed by atoms with E-state index < -0.39 is 16.0 Å². The van der Waals surface area contributed by atoms with Crippen molar-refractivity contribution >= 4 is 31.9 Å². The van der Waals surface area contributed by atoms with Crippen molar-refractivity contribution in [1.82, 2.24) is 4.72 Å². The molecule has 0 rings (SSSR count). The average Bonchev–Trinajstić information content (AvgIpc) is 2.13. The van der Waals surface area contributed by atoms with Crippen LogP contribution in [0.2, 0.25) is 0 Å². The second-order valence-electron chi connectivity index (χ2n) is 2.71. The van der Waals surface area contributed by atoms with Crippen LogP contribution in [0, 0.1) is 0 Å². The molecule has 0 fully saturated rings. The predicted molar refractivity (Wildman–Crippen MR) is 61.1 cm³/mol. The van der Waals surface area contributed by atoms with E-state index in [4.69, 9.17) is 0 Å². The molecule has 0 unspecified atom stereocenters. The van der Waals surface area contributed by atoms with E-state index in [0.717, 1.165) is 0 Å². The number of carbonyl (C=O) groups excluding carboxylic acids is 1. The van der Waals surface area contributed by atoms with Crippen LogP contribution in [0.25, 0.3) is 0 Å². The summed E-state index contributed by atoms with van der Waals surface area (Å²) in [6.45, 7) is 5.52. The molecule has 0 aliphatic heterocycles. The lowest BCUT2D eigenvalue weighted by Gasteiger charge is -2.05. The molecule has 0 saturated heterocycles. The molecule has 0 aromatic carbocycles.